The molecule has 25 heavy (non-hydrogen) atoms. The van der Waals surface area contributed by atoms with E-state index in [1.165, 1.54) is 11.8 Å². The second kappa shape index (κ2) is 7.89. The van der Waals surface area contributed by atoms with E-state index >= 15 is 0 Å². The quantitative estimate of drug-likeness (QED) is 0.642. The van der Waals surface area contributed by atoms with E-state index in [9.17, 15) is 4.79 Å². The molecule has 0 atom stereocenters. The summed E-state index contributed by atoms with van der Waals surface area (Å²) in [7, 11) is 0. The molecule has 0 aliphatic rings. The Bertz CT molecular complexity index is 842. The highest BCUT2D eigenvalue weighted by Crippen LogP contribution is 2.26. The van der Waals surface area contributed by atoms with Gasteiger partial charge in [0.2, 0.25) is 5.91 Å². The molecule has 2 heterocycles. The van der Waals surface area contributed by atoms with Crippen molar-refractivity contribution in [1.82, 2.24) is 10.2 Å². The first-order chi connectivity index (χ1) is 12.2. The molecule has 0 unspecified atom stereocenters. The molecule has 1 aromatic carbocycles. The van der Waals surface area contributed by atoms with E-state index in [2.05, 4.69) is 15.5 Å². The van der Waals surface area contributed by atoms with Crippen LogP contribution in [0.1, 0.15) is 12.7 Å². The Morgan fingerprint density at radius 1 is 1.24 bits per heavy atom. The summed E-state index contributed by atoms with van der Waals surface area (Å²) in [4.78, 5) is 12.0. The van der Waals surface area contributed by atoms with Gasteiger partial charge in [-0.25, -0.2) is 0 Å². The van der Waals surface area contributed by atoms with Crippen LogP contribution in [-0.4, -0.2) is 28.5 Å². The number of thioether (sulfide) groups is 1. The lowest BCUT2D eigenvalue weighted by Gasteiger charge is -2.06. The number of amides is 1. The van der Waals surface area contributed by atoms with Gasteiger partial charge in [-0.2, -0.15) is 0 Å². The van der Waals surface area contributed by atoms with Gasteiger partial charge in [0, 0.05) is 5.69 Å². The lowest BCUT2D eigenvalue weighted by molar-refractivity contribution is -0.113. The van der Waals surface area contributed by atoms with Crippen LogP contribution in [0.3, 0.4) is 0 Å². The number of aromatic nitrogens is 2. The van der Waals surface area contributed by atoms with Gasteiger partial charge in [0.15, 0.2) is 0 Å². The van der Waals surface area contributed by atoms with Gasteiger partial charge in [-0.05, 0) is 44.2 Å². The molecule has 0 saturated carbocycles. The third-order valence-electron chi connectivity index (χ3n) is 3.27. The zero-order chi connectivity index (χ0) is 17.6. The number of nitrogens with zero attached hydrogens (tertiary/aromatic N) is 2. The van der Waals surface area contributed by atoms with Crippen LogP contribution in [0.15, 0.2) is 50.7 Å². The Kier molecular flexibility index (Phi) is 5.39. The molecule has 0 aliphatic heterocycles. The zero-order valence-corrected chi connectivity index (χ0v) is 14.6. The molecule has 7 nitrogen and oxygen atoms in total. The first-order valence-corrected chi connectivity index (χ1v) is 8.67. The van der Waals surface area contributed by atoms with Crippen LogP contribution in [0.4, 0.5) is 5.69 Å². The number of carbonyl (C=O) groups excluding carboxylic acids is 1. The van der Waals surface area contributed by atoms with E-state index < -0.39 is 0 Å². The summed E-state index contributed by atoms with van der Waals surface area (Å²) in [6.45, 7) is 4.34. The van der Waals surface area contributed by atoms with Crippen LogP contribution in [0.5, 0.6) is 5.75 Å². The van der Waals surface area contributed by atoms with E-state index in [0.717, 1.165) is 11.3 Å². The predicted molar refractivity (Wildman–Crippen MR) is 93.7 cm³/mol. The summed E-state index contributed by atoms with van der Waals surface area (Å²) >= 11 is 1.18. The highest BCUT2D eigenvalue weighted by molar-refractivity contribution is 7.99. The van der Waals surface area contributed by atoms with Gasteiger partial charge in [-0.15, -0.1) is 10.2 Å². The topological polar surface area (TPSA) is 90.4 Å². The van der Waals surface area contributed by atoms with E-state index in [0.29, 0.717) is 29.2 Å². The molecular weight excluding hydrogens is 342 g/mol. The molecule has 8 heteroatoms. The maximum Gasteiger partial charge on any atom is 0.277 e. The number of anilines is 1. The molecular formula is C17H17N3O4S. The number of carbonyl (C=O) groups is 1. The average molecular weight is 359 g/mol. The maximum atomic E-state index is 12.0. The van der Waals surface area contributed by atoms with E-state index in [4.69, 9.17) is 13.6 Å². The van der Waals surface area contributed by atoms with Crippen LogP contribution in [0.2, 0.25) is 0 Å². The van der Waals surface area contributed by atoms with Crippen LogP contribution >= 0.6 is 11.8 Å². The summed E-state index contributed by atoms with van der Waals surface area (Å²) < 4.78 is 16.1. The van der Waals surface area contributed by atoms with E-state index in [1.54, 1.807) is 24.5 Å². The molecule has 2 aromatic heterocycles. The lowest BCUT2D eigenvalue weighted by Crippen LogP contribution is -2.13. The molecule has 0 radical (unpaired) electrons. The summed E-state index contributed by atoms with van der Waals surface area (Å²) in [5, 5.41) is 11.0. The minimum atomic E-state index is -0.159. The van der Waals surface area contributed by atoms with Crippen LogP contribution in [-0.2, 0) is 4.79 Å². The zero-order valence-electron chi connectivity index (χ0n) is 13.8. The van der Waals surface area contributed by atoms with Crippen molar-refractivity contribution in [2.45, 2.75) is 19.1 Å². The third kappa shape index (κ3) is 4.42. The van der Waals surface area contributed by atoms with Crippen molar-refractivity contribution in [2.24, 2.45) is 0 Å². The average Bonchev–Trinajstić information content (AvgIpc) is 3.23. The van der Waals surface area contributed by atoms with Gasteiger partial charge in [-0.3, -0.25) is 4.79 Å². The number of furan rings is 1. The van der Waals surface area contributed by atoms with Gasteiger partial charge in [0.1, 0.15) is 11.5 Å². The number of aryl methyl sites for hydroxylation is 1. The number of hydrogen-bond donors (Lipinski definition) is 1. The van der Waals surface area contributed by atoms with Gasteiger partial charge in [0.05, 0.1) is 24.2 Å². The summed E-state index contributed by atoms with van der Waals surface area (Å²) in [5.41, 5.74) is 1.45. The molecule has 1 N–H and O–H groups in total. The van der Waals surface area contributed by atoms with Crippen molar-refractivity contribution in [3.63, 3.8) is 0 Å². The number of benzene rings is 1. The molecule has 0 aliphatic carbocycles. The van der Waals surface area contributed by atoms with Crippen LogP contribution < -0.4 is 10.1 Å². The van der Waals surface area contributed by atoms with Crippen molar-refractivity contribution < 1.29 is 18.4 Å². The standard InChI is InChI=1S/C17H17N3O4S/c1-3-22-13-6-4-12(5-7-13)18-15(21)10-25-17-20-19-16(24-17)14-8-9-23-11(14)2/h4-9H,3,10H2,1-2H3,(H,18,21). The Hall–Kier alpha value is -2.74. The fourth-order valence-corrected chi connectivity index (χ4v) is 2.67. The van der Waals surface area contributed by atoms with Gasteiger partial charge in [-0.1, -0.05) is 11.8 Å². The third-order valence-corrected chi connectivity index (χ3v) is 4.09. The smallest absolute Gasteiger partial charge is 0.277 e. The predicted octanol–water partition coefficient (Wildman–Crippen LogP) is 3.77. The second-order valence-corrected chi connectivity index (χ2v) is 5.98. The Balaban J connectivity index is 1.52. The SMILES string of the molecule is CCOc1ccc(NC(=O)CSc2nnc(-c3ccoc3C)o2)cc1. The molecule has 0 bridgehead atoms. The normalized spacial score (nSPS) is 10.6. The minimum absolute atomic E-state index is 0.159. The molecule has 3 rings (SSSR count). The fourth-order valence-electron chi connectivity index (χ4n) is 2.11. The summed E-state index contributed by atoms with van der Waals surface area (Å²) in [6, 6.07) is 8.96. The number of ether oxygens (including phenoxy) is 1. The first kappa shape index (κ1) is 17.1. The van der Waals surface area contributed by atoms with Crippen LogP contribution in [0, 0.1) is 6.92 Å². The number of rotatable bonds is 7. The van der Waals surface area contributed by atoms with Gasteiger partial charge >= 0.3 is 0 Å². The number of hydrogen-bond acceptors (Lipinski definition) is 7. The molecule has 1 amide bonds. The van der Waals surface area contributed by atoms with E-state index in [-0.39, 0.29) is 11.7 Å². The van der Waals surface area contributed by atoms with E-state index in [1.807, 2.05) is 26.0 Å². The summed E-state index contributed by atoms with van der Waals surface area (Å²) in [6.07, 6.45) is 1.56. The molecule has 130 valence electrons. The second-order valence-electron chi connectivity index (χ2n) is 5.06. The Morgan fingerprint density at radius 3 is 2.72 bits per heavy atom. The highest BCUT2D eigenvalue weighted by atomic mass is 32.2. The minimum Gasteiger partial charge on any atom is -0.494 e. The van der Waals surface area contributed by atoms with Gasteiger partial charge < -0.3 is 18.9 Å². The van der Waals surface area contributed by atoms with Crippen molar-refractivity contribution >= 4 is 23.4 Å². The van der Waals surface area contributed by atoms with Crippen molar-refractivity contribution in [3.8, 4) is 17.2 Å². The van der Waals surface area contributed by atoms with Crippen molar-refractivity contribution in [1.29, 1.82) is 0 Å². The molecule has 0 saturated heterocycles. The largest absolute Gasteiger partial charge is 0.494 e. The lowest BCUT2D eigenvalue weighted by atomic mass is 10.3. The number of nitrogens with one attached hydrogen (secondary N) is 1. The monoisotopic (exact) mass is 359 g/mol. The molecule has 0 spiro atoms. The van der Waals surface area contributed by atoms with Gasteiger partial charge in [0.25, 0.3) is 11.1 Å². The van der Waals surface area contributed by atoms with Crippen molar-refractivity contribution in [3.05, 3.63) is 42.4 Å². The van der Waals surface area contributed by atoms with Crippen molar-refractivity contribution in [2.75, 3.05) is 17.7 Å². The molecule has 0 fully saturated rings. The Labute approximate surface area is 148 Å². The highest BCUT2D eigenvalue weighted by Gasteiger charge is 2.14. The van der Waals surface area contributed by atoms with Crippen LogP contribution in [0.25, 0.3) is 11.5 Å². The summed E-state index contributed by atoms with van der Waals surface area (Å²) in [5.74, 6) is 1.85. The molecule has 3 aromatic rings. The Morgan fingerprint density at radius 2 is 2.04 bits per heavy atom. The fraction of sp³-hybridized carbons (Fsp3) is 0.235. The maximum absolute atomic E-state index is 12.0. The first-order valence-electron chi connectivity index (χ1n) is 7.69.